The Morgan fingerprint density at radius 2 is 2.05 bits per heavy atom. The summed E-state index contributed by atoms with van der Waals surface area (Å²) in [5.74, 6) is -0.671. The second-order valence-corrected chi connectivity index (χ2v) is 8.09. The fourth-order valence-electron chi connectivity index (χ4n) is 1.68. The molecule has 0 saturated heterocycles. The summed E-state index contributed by atoms with van der Waals surface area (Å²) in [4.78, 5) is 5.07. The third-order valence-electron chi connectivity index (χ3n) is 2.70. The number of thiophene rings is 1. The van der Waals surface area contributed by atoms with Gasteiger partial charge in [0.1, 0.15) is 5.82 Å². The zero-order valence-electron chi connectivity index (χ0n) is 10.8. The molecule has 0 aliphatic rings. The predicted octanol–water partition coefficient (Wildman–Crippen LogP) is 4.46. The van der Waals surface area contributed by atoms with Crippen LogP contribution in [0.15, 0.2) is 46.0 Å². The van der Waals surface area contributed by atoms with Gasteiger partial charge in [-0.25, -0.2) is 17.8 Å². The van der Waals surface area contributed by atoms with Crippen molar-refractivity contribution in [1.29, 1.82) is 0 Å². The standard InChI is InChI=1S/C13H8ClFN2O2S3/c14-9-6-8(3-4-10(9)15)22(18,19)17-13-16-11(7-21-13)12-2-1-5-20-12/h1-7H,(H,16,17). The van der Waals surface area contributed by atoms with E-state index < -0.39 is 15.8 Å². The number of thiazole rings is 1. The molecule has 0 spiro atoms. The number of anilines is 1. The van der Waals surface area contributed by atoms with E-state index in [1.54, 1.807) is 5.38 Å². The molecule has 0 atom stereocenters. The van der Waals surface area contributed by atoms with Gasteiger partial charge in [0.05, 0.1) is 20.5 Å². The summed E-state index contributed by atoms with van der Waals surface area (Å²) >= 11 is 8.31. The molecule has 0 saturated carbocycles. The van der Waals surface area contributed by atoms with Gasteiger partial charge >= 0.3 is 0 Å². The van der Waals surface area contributed by atoms with E-state index in [-0.39, 0.29) is 15.0 Å². The Morgan fingerprint density at radius 3 is 2.73 bits per heavy atom. The van der Waals surface area contributed by atoms with Gasteiger partial charge in [-0.2, -0.15) is 0 Å². The van der Waals surface area contributed by atoms with Crippen molar-refractivity contribution in [2.45, 2.75) is 4.90 Å². The third kappa shape index (κ3) is 3.14. The minimum atomic E-state index is -3.86. The van der Waals surface area contributed by atoms with Crippen molar-refractivity contribution >= 4 is 49.4 Å². The SMILES string of the molecule is O=S(=O)(Nc1nc(-c2cccs2)cs1)c1ccc(F)c(Cl)c1. The number of rotatable bonds is 4. The molecule has 3 rings (SSSR count). The van der Waals surface area contributed by atoms with E-state index >= 15 is 0 Å². The molecule has 4 nitrogen and oxygen atoms in total. The van der Waals surface area contributed by atoms with Gasteiger partial charge in [-0.3, -0.25) is 4.72 Å². The maximum absolute atomic E-state index is 13.1. The van der Waals surface area contributed by atoms with Gasteiger partial charge in [-0.1, -0.05) is 17.7 Å². The zero-order valence-corrected chi connectivity index (χ0v) is 14.0. The highest BCUT2D eigenvalue weighted by molar-refractivity contribution is 7.93. The first-order valence-corrected chi connectivity index (χ1v) is 9.55. The minimum absolute atomic E-state index is 0.119. The molecule has 0 aliphatic heterocycles. The predicted molar refractivity (Wildman–Crippen MR) is 87.6 cm³/mol. The van der Waals surface area contributed by atoms with Crippen LogP contribution in [0.5, 0.6) is 0 Å². The van der Waals surface area contributed by atoms with Gasteiger partial charge in [0.15, 0.2) is 5.13 Å². The zero-order chi connectivity index (χ0) is 15.7. The molecule has 0 radical (unpaired) electrons. The summed E-state index contributed by atoms with van der Waals surface area (Å²) in [5.41, 5.74) is 0.704. The van der Waals surface area contributed by atoms with E-state index in [1.807, 2.05) is 17.5 Å². The largest absolute Gasteiger partial charge is 0.263 e. The van der Waals surface area contributed by atoms with E-state index in [0.29, 0.717) is 5.69 Å². The van der Waals surface area contributed by atoms with Gasteiger partial charge in [0, 0.05) is 5.38 Å². The van der Waals surface area contributed by atoms with E-state index in [0.717, 1.165) is 23.1 Å². The van der Waals surface area contributed by atoms with Crippen LogP contribution in [-0.2, 0) is 10.0 Å². The number of aromatic nitrogens is 1. The average molecular weight is 375 g/mol. The van der Waals surface area contributed by atoms with Crippen LogP contribution in [0.4, 0.5) is 9.52 Å². The molecule has 0 amide bonds. The first-order valence-electron chi connectivity index (χ1n) is 5.93. The van der Waals surface area contributed by atoms with Crippen LogP contribution in [-0.4, -0.2) is 13.4 Å². The Labute approximate surface area is 139 Å². The Balaban J connectivity index is 1.87. The molecular formula is C13H8ClFN2O2S3. The Morgan fingerprint density at radius 1 is 1.23 bits per heavy atom. The fourth-order valence-corrected chi connectivity index (χ4v) is 4.67. The second-order valence-electron chi connectivity index (χ2n) is 4.20. The van der Waals surface area contributed by atoms with Crippen LogP contribution in [0, 0.1) is 5.82 Å². The van der Waals surface area contributed by atoms with Gasteiger partial charge in [0.2, 0.25) is 0 Å². The minimum Gasteiger partial charge on any atom is -0.255 e. The summed E-state index contributed by atoms with van der Waals surface area (Å²) in [6.45, 7) is 0. The van der Waals surface area contributed by atoms with Crippen LogP contribution in [0.2, 0.25) is 5.02 Å². The lowest BCUT2D eigenvalue weighted by molar-refractivity contribution is 0.599. The molecule has 114 valence electrons. The second kappa shape index (κ2) is 5.96. The molecule has 1 N–H and O–H groups in total. The first kappa shape index (κ1) is 15.4. The highest BCUT2D eigenvalue weighted by atomic mass is 35.5. The number of hydrogen-bond donors (Lipinski definition) is 1. The van der Waals surface area contributed by atoms with E-state index in [4.69, 9.17) is 11.6 Å². The van der Waals surface area contributed by atoms with Crippen LogP contribution < -0.4 is 4.72 Å². The van der Waals surface area contributed by atoms with Gasteiger partial charge in [-0.15, -0.1) is 22.7 Å². The topological polar surface area (TPSA) is 59.1 Å². The Kier molecular flexibility index (Phi) is 4.18. The number of benzene rings is 1. The van der Waals surface area contributed by atoms with Crippen LogP contribution >= 0.6 is 34.3 Å². The molecule has 0 fully saturated rings. The molecule has 2 aromatic heterocycles. The normalized spacial score (nSPS) is 11.5. The molecular weight excluding hydrogens is 367 g/mol. The average Bonchev–Trinajstić information content (AvgIpc) is 3.11. The smallest absolute Gasteiger partial charge is 0.255 e. The van der Waals surface area contributed by atoms with Crippen molar-refractivity contribution in [2.75, 3.05) is 4.72 Å². The molecule has 22 heavy (non-hydrogen) atoms. The first-order chi connectivity index (χ1) is 10.5. The maximum atomic E-state index is 13.1. The van der Waals surface area contributed by atoms with Gasteiger partial charge in [-0.05, 0) is 29.6 Å². The summed E-state index contributed by atoms with van der Waals surface area (Å²) < 4.78 is 40.0. The number of sulfonamides is 1. The number of halogens is 2. The lowest BCUT2D eigenvalue weighted by Crippen LogP contribution is -2.12. The monoisotopic (exact) mass is 374 g/mol. The van der Waals surface area contributed by atoms with Crippen molar-refractivity contribution in [3.8, 4) is 10.6 Å². The molecule has 1 aromatic carbocycles. The van der Waals surface area contributed by atoms with E-state index in [9.17, 15) is 12.8 Å². The Bertz CT molecular complexity index is 907. The van der Waals surface area contributed by atoms with Crippen LogP contribution in [0.1, 0.15) is 0 Å². The highest BCUT2D eigenvalue weighted by Crippen LogP contribution is 2.29. The summed E-state index contributed by atoms with van der Waals surface area (Å²) in [6, 6.07) is 7.02. The van der Waals surface area contributed by atoms with Gasteiger partial charge < -0.3 is 0 Å². The van der Waals surface area contributed by atoms with Crippen molar-refractivity contribution in [2.24, 2.45) is 0 Å². The fraction of sp³-hybridized carbons (Fsp3) is 0. The van der Waals surface area contributed by atoms with Gasteiger partial charge in [0.25, 0.3) is 10.0 Å². The van der Waals surface area contributed by atoms with Crippen LogP contribution in [0.25, 0.3) is 10.6 Å². The third-order valence-corrected chi connectivity index (χ3v) is 6.11. The highest BCUT2D eigenvalue weighted by Gasteiger charge is 2.18. The van der Waals surface area contributed by atoms with E-state index in [1.165, 1.54) is 22.7 Å². The summed E-state index contributed by atoms with van der Waals surface area (Å²) in [5, 5.41) is 3.67. The van der Waals surface area contributed by atoms with Crippen molar-refractivity contribution in [3.63, 3.8) is 0 Å². The van der Waals surface area contributed by atoms with Crippen molar-refractivity contribution < 1.29 is 12.8 Å². The number of hydrogen-bond acceptors (Lipinski definition) is 5. The molecule has 0 aliphatic carbocycles. The molecule has 0 bridgehead atoms. The van der Waals surface area contributed by atoms with Crippen molar-refractivity contribution in [3.05, 3.63) is 51.9 Å². The molecule has 3 aromatic rings. The Hall–Kier alpha value is -1.48. The molecule has 9 heteroatoms. The van der Waals surface area contributed by atoms with E-state index in [2.05, 4.69) is 9.71 Å². The molecule has 2 heterocycles. The molecule has 0 unspecified atom stereocenters. The lowest BCUT2D eigenvalue weighted by atomic mass is 10.3. The summed E-state index contributed by atoms with van der Waals surface area (Å²) in [7, 11) is -3.86. The summed E-state index contributed by atoms with van der Waals surface area (Å²) in [6.07, 6.45) is 0. The van der Waals surface area contributed by atoms with Crippen molar-refractivity contribution in [1.82, 2.24) is 4.98 Å². The van der Waals surface area contributed by atoms with Crippen LogP contribution in [0.3, 0.4) is 0 Å². The maximum Gasteiger partial charge on any atom is 0.263 e. The lowest BCUT2D eigenvalue weighted by Gasteiger charge is -2.05. The quantitative estimate of drug-likeness (QED) is 0.733. The number of nitrogens with one attached hydrogen (secondary N) is 1. The number of nitrogens with zero attached hydrogens (tertiary/aromatic N) is 1.